The molecule has 3 N–H and O–H groups in total. The minimum atomic E-state index is -0.417. The largest absolute Gasteiger partial charge is 0.423 e. The third kappa shape index (κ3) is 4.07. The lowest BCUT2D eigenvalue weighted by atomic mass is 10.2. The van der Waals surface area contributed by atoms with E-state index < -0.39 is 5.63 Å². The molecule has 3 rings (SSSR count). The minimum absolute atomic E-state index is 0.0451. The van der Waals surface area contributed by atoms with Crippen LogP contribution >= 0.6 is 11.3 Å². The van der Waals surface area contributed by atoms with E-state index in [9.17, 15) is 9.59 Å². The lowest BCUT2D eigenvalue weighted by Crippen LogP contribution is -2.42. The van der Waals surface area contributed by atoms with Crippen LogP contribution < -0.4 is 16.7 Å². The van der Waals surface area contributed by atoms with Gasteiger partial charge in [-0.05, 0) is 23.6 Å². The highest BCUT2D eigenvalue weighted by Crippen LogP contribution is 2.20. The van der Waals surface area contributed by atoms with Gasteiger partial charge in [-0.15, -0.1) is 11.3 Å². The SMILES string of the molecule is CN(CC(N)CNc1cc(=O)oc2ccccc12)C(=O)c1cccs1. The molecule has 3 aromatic rings. The van der Waals surface area contributed by atoms with E-state index in [1.807, 2.05) is 29.6 Å². The van der Waals surface area contributed by atoms with Gasteiger partial charge < -0.3 is 20.4 Å². The van der Waals surface area contributed by atoms with Crippen LogP contribution in [0.1, 0.15) is 9.67 Å². The molecule has 0 spiro atoms. The van der Waals surface area contributed by atoms with Crippen LogP contribution in [0, 0.1) is 0 Å². The average molecular weight is 357 g/mol. The fourth-order valence-corrected chi connectivity index (χ4v) is 3.30. The molecule has 0 aliphatic carbocycles. The van der Waals surface area contributed by atoms with Crippen molar-refractivity contribution in [3.63, 3.8) is 0 Å². The number of likely N-dealkylation sites (N-methyl/N-ethyl adjacent to an activating group) is 1. The predicted octanol–water partition coefficient (Wildman–Crippen LogP) is 2.37. The summed E-state index contributed by atoms with van der Waals surface area (Å²) in [5.41, 5.74) is 6.92. The lowest BCUT2D eigenvalue weighted by Gasteiger charge is -2.22. The Balaban J connectivity index is 1.64. The summed E-state index contributed by atoms with van der Waals surface area (Å²) in [5, 5.41) is 5.87. The first kappa shape index (κ1) is 17.2. The summed E-state index contributed by atoms with van der Waals surface area (Å²) in [6, 6.07) is 12.1. The molecule has 1 amide bonds. The van der Waals surface area contributed by atoms with Gasteiger partial charge in [0, 0.05) is 37.6 Å². The van der Waals surface area contributed by atoms with Crippen molar-refractivity contribution in [2.24, 2.45) is 5.73 Å². The zero-order valence-electron chi connectivity index (χ0n) is 13.8. The van der Waals surface area contributed by atoms with E-state index in [-0.39, 0.29) is 11.9 Å². The maximum absolute atomic E-state index is 12.2. The molecule has 0 saturated carbocycles. The number of benzene rings is 1. The Morgan fingerprint density at radius 3 is 2.88 bits per heavy atom. The summed E-state index contributed by atoms with van der Waals surface area (Å²) in [6.07, 6.45) is 0. The fraction of sp³-hybridized carbons (Fsp3) is 0.222. The van der Waals surface area contributed by atoms with Crippen molar-refractivity contribution >= 4 is 33.9 Å². The maximum Gasteiger partial charge on any atom is 0.338 e. The Bertz CT molecular complexity index is 921. The third-order valence-corrected chi connectivity index (χ3v) is 4.65. The number of nitrogens with zero attached hydrogens (tertiary/aromatic N) is 1. The molecule has 25 heavy (non-hydrogen) atoms. The van der Waals surface area contributed by atoms with Crippen molar-refractivity contribution in [2.75, 3.05) is 25.5 Å². The van der Waals surface area contributed by atoms with Crippen LogP contribution in [-0.2, 0) is 0 Å². The Morgan fingerprint density at radius 2 is 2.12 bits per heavy atom. The third-order valence-electron chi connectivity index (χ3n) is 3.79. The summed E-state index contributed by atoms with van der Waals surface area (Å²) in [4.78, 5) is 26.2. The highest BCUT2D eigenvalue weighted by atomic mass is 32.1. The number of anilines is 1. The van der Waals surface area contributed by atoms with Crippen molar-refractivity contribution in [1.82, 2.24) is 4.90 Å². The first-order valence-corrected chi connectivity index (χ1v) is 8.74. The summed E-state index contributed by atoms with van der Waals surface area (Å²) in [6.45, 7) is 0.832. The van der Waals surface area contributed by atoms with Gasteiger partial charge in [0.2, 0.25) is 0 Å². The van der Waals surface area contributed by atoms with Gasteiger partial charge in [0.15, 0.2) is 0 Å². The van der Waals surface area contributed by atoms with Gasteiger partial charge in [0.1, 0.15) is 5.58 Å². The average Bonchev–Trinajstić information content (AvgIpc) is 3.13. The van der Waals surface area contributed by atoms with E-state index in [2.05, 4.69) is 5.32 Å². The molecule has 6 nitrogen and oxygen atoms in total. The highest BCUT2D eigenvalue weighted by molar-refractivity contribution is 7.12. The van der Waals surface area contributed by atoms with E-state index in [1.54, 1.807) is 24.1 Å². The molecule has 0 bridgehead atoms. The van der Waals surface area contributed by atoms with Gasteiger partial charge in [-0.1, -0.05) is 18.2 Å². The Kier molecular flexibility index (Phi) is 5.16. The molecular weight excluding hydrogens is 338 g/mol. The lowest BCUT2D eigenvalue weighted by molar-refractivity contribution is 0.0793. The smallest absolute Gasteiger partial charge is 0.338 e. The second-order valence-electron chi connectivity index (χ2n) is 5.78. The van der Waals surface area contributed by atoms with Gasteiger partial charge in [0.05, 0.1) is 10.6 Å². The normalized spacial score (nSPS) is 12.1. The Labute approximate surface area is 148 Å². The number of thiophene rings is 1. The molecule has 1 aromatic carbocycles. The second kappa shape index (κ2) is 7.50. The molecule has 0 aliphatic heterocycles. The fourth-order valence-electron chi connectivity index (χ4n) is 2.59. The van der Waals surface area contributed by atoms with Crippen LogP contribution in [-0.4, -0.2) is 37.0 Å². The molecule has 2 heterocycles. The minimum Gasteiger partial charge on any atom is -0.423 e. The first-order valence-electron chi connectivity index (χ1n) is 7.86. The predicted molar refractivity (Wildman–Crippen MR) is 100 cm³/mol. The topological polar surface area (TPSA) is 88.6 Å². The van der Waals surface area contributed by atoms with Gasteiger partial charge >= 0.3 is 5.63 Å². The van der Waals surface area contributed by atoms with Crippen molar-refractivity contribution in [3.8, 4) is 0 Å². The number of amides is 1. The maximum atomic E-state index is 12.2. The standard InChI is InChI=1S/C18H19N3O3S/c1-21(18(23)16-7-4-8-25-16)11-12(19)10-20-14-9-17(22)24-15-6-3-2-5-13(14)15/h2-9,12,20H,10-11,19H2,1H3. The highest BCUT2D eigenvalue weighted by Gasteiger charge is 2.16. The molecule has 0 saturated heterocycles. The summed E-state index contributed by atoms with van der Waals surface area (Å²) >= 11 is 1.41. The van der Waals surface area contributed by atoms with Crippen LogP contribution in [0.5, 0.6) is 0 Å². The van der Waals surface area contributed by atoms with Crippen LogP contribution in [0.2, 0.25) is 0 Å². The van der Waals surface area contributed by atoms with Gasteiger partial charge in [-0.2, -0.15) is 0 Å². The molecular formula is C18H19N3O3S. The molecule has 7 heteroatoms. The number of hydrogen-bond donors (Lipinski definition) is 2. The number of para-hydroxylation sites is 1. The Hall–Kier alpha value is -2.64. The zero-order chi connectivity index (χ0) is 17.8. The van der Waals surface area contributed by atoms with Crippen molar-refractivity contribution in [3.05, 3.63) is 63.1 Å². The number of nitrogens with two attached hydrogens (primary N) is 1. The van der Waals surface area contributed by atoms with E-state index >= 15 is 0 Å². The van der Waals surface area contributed by atoms with Gasteiger partial charge in [-0.25, -0.2) is 4.79 Å². The zero-order valence-corrected chi connectivity index (χ0v) is 14.6. The number of fused-ring (bicyclic) bond motifs is 1. The molecule has 0 aliphatic rings. The summed E-state index contributed by atoms with van der Waals surface area (Å²) in [7, 11) is 1.73. The van der Waals surface area contributed by atoms with Gasteiger partial charge in [-0.3, -0.25) is 4.79 Å². The molecule has 1 unspecified atom stereocenters. The van der Waals surface area contributed by atoms with Crippen molar-refractivity contribution in [2.45, 2.75) is 6.04 Å². The van der Waals surface area contributed by atoms with E-state index in [4.69, 9.17) is 10.2 Å². The molecule has 0 radical (unpaired) electrons. The first-order chi connectivity index (χ1) is 12.0. The van der Waals surface area contributed by atoms with Crippen molar-refractivity contribution in [1.29, 1.82) is 0 Å². The Morgan fingerprint density at radius 1 is 1.32 bits per heavy atom. The second-order valence-corrected chi connectivity index (χ2v) is 6.73. The van der Waals surface area contributed by atoms with E-state index in [0.29, 0.717) is 29.2 Å². The van der Waals surface area contributed by atoms with E-state index in [1.165, 1.54) is 17.4 Å². The van der Waals surface area contributed by atoms with Gasteiger partial charge in [0.25, 0.3) is 5.91 Å². The monoisotopic (exact) mass is 357 g/mol. The molecule has 1 atom stereocenters. The number of nitrogens with one attached hydrogen (secondary N) is 1. The molecule has 130 valence electrons. The quantitative estimate of drug-likeness (QED) is 0.661. The van der Waals surface area contributed by atoms with Crippen LogP contribution in [0.4, 0.5) is 5.69 Å². The number of carbonyl (C=O) groups excluding carboxylic acids is 1. The molecule has 2 aromatic heterocycles. The number of rotatable bonds is 6. The number of carbonyl (C=O) groups is 1. The van der Waals surface area contributed by atoms with Crippen LogP contribution in [0.15, 0.2) is 57.1 Å². The van der Waals surface area contributed by atoms with Crippen molar-refractivity contribution < 1.29 is 9.21 Å². The summed E-state index contributed by atoms with van der Waals surface area (Å²) in [5.74, 6) is -0.0451. The van der Waals surface area contributed by atoms with Crippen LogP contribution in [0.3, 0.4) is 0 Å². The summed E-state index contributed by atoms with van der Waals surface area (Å²) < 4.78 is 5.17. The van der Waals surface area contributed by atoms with Crippen LogP contribution in [0.25, 0.3) is 11.0 Å². The van der Waals surface area contributed by atoms with E-state index in [0.717, 1.165) is 5.39 Å². The molecule has 0 fully saturated rings. The number of hydrogen-bond acceptors (Lipinski definition) is 6.